The Labute approximate surface area is 191 Å². The molecular weight excluding hydrogens is 472 g/mol. The van der Waals surface area contributed by atoms with Crippen molar-refractivity contribution in [3.05, 3.63) is 53.6 Å². The van der Waals surface area contributed by atoms with Crippen LogP contribution in [0.15, 0.2) is 42.5 Å². The molecule has 0 saturated carbocycles. The molecule has 0 heterocycles. The van der Waals surface area contributed by atoms with Crippen LogP contribution in [0.2, 0.25) is 0 Å². The van der Waals surface area contributed by atoms with Crippen molar-refractivity contribution in [3.8, 4) is 17.2 Å². The Kier molecular flexibility index (Phi) is 9.42. The second-order valence-electron chi connectivity index (χ2n) is 7.18. The van der Waals surface area contributed by atoms with Gasteiger partial charge < -0.3 is 24.6 Å². The fourth-order valence-corrected chi connectivity index (χ4v) is 2.72. The molecule has 2 N–H and O–H groups in total. The molecule has 6 nitrogen and oxygen atoms in total. The number of hydrogen-bond acceptors (Lipinski definition) is 5. The van der Waals surface area contributed by atoms with E-state index in [-0.39, 0.29) is 43.2 Å². The highest BCUT2D eigenvalue weighted by atomic mass is 19.4. The molecule has 188 valence electrons. The number of amides is 1. The second-order valence-corrected chi connectivity index (χ2v) is 7.18. The maximum atomic E-state index is 12.5. The summed E-state index contributed by atoms with van der Waals surface area (Å²) in [6, 6.07) is 8.25. The molecule has 1 amide bonds. The van der Waals surface area contributed by atoms with E-state index in [1.165, 1.54) is 25.3 Å². The lowest BCUT2D eigenvalue weighted by atomic mass is 10.1. The van der Waals surface area contributed by atoms with Crippen molar-refractivity contribution in [2.24, 2.45) is 0 Å². The number of methoxy groups -OCH3 is 1. The number of carbonyl (C=O) groups excluding carboxylic acids is 1. The molecule has 1 unspecified atom stereocenters. The number of aryl methyl sites for hydroxylation is 1. The molecule has 0 aliphatic heterocycles. The lowest BCUT2D eigenvalue weighted by Gasteiger charge is -2.15. The van der Waals surface area contributed by atoms with Gasteiger partial charge in [0.25, 0.3) is 0 Å². The first-order chi connectivity index (χ1) is 15.9. The molecule has 0 aliphatic carbocycles. The molecule has 2 rings (SSSR count). The van der Waals surface area contributed by atoms with Crippen LogP contribution in [0, 0.1) is 0 Å². The number of ether oxygens (including phenoxy) is 3. The summed E-state index contributed by atoms with van der Waals surface area (Å²) in [5.41, 5.74) is -0.203. The van der Waals surface area contributed by atoms with E-state index >= 15 is 0 Å². The van der Waals surface area contributed by atoms with E-state index in [0.29, 0.717) is 5.56 Å². The van der Waals surface area contributed by atoms with Gasteiger partial charge in [0.2, 0.25) is 5.91 Å². The Morgan fingerprint density at radius 1 is 1.00 bits per heavy atom. The van der Waals surface area contributed by atoms with E-state index in [0.717, 1.165) is 24.3 Å². The number of aliphatic hydroxyl groups excluding tert-OH is 1. The minimum absolute atomic E-state index is 0.0262. The van der Waals surface area contributed by atoms with E-state index in [9.17, 15) is 36.2 Å². The van der Waals surface area contributed by atoms with Gasteiger partial charge in [-0.25, -0.2) is 0 Å². The molecule has 0 spiro atoms. The zero-order valence-electron chi connectivity index (χ0n) is 18.0. The lowest BCUT2D eigenvalue weighted by Crippen LogP contribution is -2.35. The van der Waals surface area contributed by atoms with Crippen LogP contribution in [-0.2, 0) is 17.4 Å². The van der Waals surface area contributed by atoms with Gasteiger partial charge in [-0.15, -0.1) is 0 Å². The minimum Gasteiger partial charge on any atom is -0.493 e. The zero-order chi connectivity index (χ0) is 25.4. The number of alkyl halides is 6. The number of carbonyl (C=O) groups is 1. The molecule has 1 atom stereocenters. The van der Waals surface area contributed by atoms with Crippen LogP contribution in [0.25, 0.3) is 0 Å². The van der Waals surface area contributed by atoms with Gasteiger partial charge in [0.05, 0.1) is 12.7 Å². The van der Waals surface area contributed by atoms with Gasteiger partial charge in [-0.3, -0.25) is 4.79 Å². The number of hydrogen-bond donors (Lipinski definition) is 2. The molecular formula is C22H23F6NO5. The fourth-order valence-electron chi connectivity index (χ4n) is 2.72. The van der Waals surface area contributed by atoms with Crippen molar-refractivity contribution >= 4 is 5.91 Å². The monoisotopic (exact) mass is 495 g/mol. The molecule has 0 radical (unpaired) electrons. The average molecular weight is 495 g/mol. The third-order valence-corrected chi connectivity index (χ3v) is 4.42. The first kappa shape index (κ1) is 27.1. The summed E-state index contributed by atoms with van der Waals surface area (Å²) < 4.78 is 89.5. The van der Waals surface area contributed by atoms with Crippen LogP contribution in [0.3, 0.4) is 0 Å². The first-order valence-corrected chi connectivity index (χ1v) is 9.98. The SMILES string of the molecule is COc1cc(CCC(=O)NCC(O)COc2ccc(C(F)(F)F)cc2)ccc1OCC(F)(F)F. The highest BCUT2D eigenvalue weighted by Gasteiger charge is 2.30. The number of aliphatic hydroxyl groups is 1. The van der Waals surface area contributed by atoms with Gasteiger partial charge in [-0.1, -0.05) is 6.07 Å². The van der Waals surface area contributed by atoms with Crippen molar-refractivity contribution in [3.63, 3.8) is 0 Å². The highest BCUT2D eigenvalue weighted by molar-refractivity contribution is 5.76. The Bertz CT molecular complexity index is 931. The maximum Gasteiger partial charge on any atom is 0.422 e. The summed E-state index contributed by atoms with van der Waals surface area (Å²) in [7, 11) is 1.28. The topological polar surface area (TPSA) is 77.0 Å². The van der Waals surface area contributed by atoms with E-state index in [1.807, 2.05) is 0 Å². The summed E-state index contributed by atoms with van der Waals surface area (Å²) in [6.45, 7) is -1.86. The number of nitrogens with one attached hydrogen (secondary N) is 1. The van der Waals surface area contributed by atoms with Gasteiger partial charge in [0.1, 0.15) is 18.5 Å². The third-order valence-electron chi connectivity index (χ3n) is 4.42. The quantitative estimate of drug-likeness (QED) is 0.459. The summed E-state index contributed by atoms with van der Waals surface area (Å²) in [5.74, 6) is -0.248. The zero-order valence-corrected chi connectivity index (χ0v) is 18.0. The Morgan fingerprint density at radius 3 is 2.26 bits per heavy atom. The molecule has 0 saturated heterocycles. The Hall–Kier alpha value is -3.15. The van der Waals surface area contributed by atoms with Gasteiger partial charge in [0.15, 0.2) is 18.1 Å². The van der Waals surface area contributed by atoms with Crippen LogP contribution >= 0.6 is 0 Å². The van der Waals surface area contributed by atoms with Crippen LogP contribution in [0.1, 0.15) is 17.5 Å². The normalized spacial score (nSPS) is 12.7. The van der Waals surface area contributed by atoms with Crippen LogP contribution in [0.4, 0.5) is 26.3 Å². The van der Waals surface area contributed by atoms with Gasteiger partial charge in [-0.2, -0.15) is 26.3 Å². The largest absolute Gasteiger partial charge is 0.493 e. The number of rotatable bonds is 11. The van der Waals surface area contributed by atoms with Crippen LogP contribution < -0.4 is 19.5 Å². The van der Waals surface area contributed by atoms with Gasteiger partial charge >= 0.3 is 12.4 Å². The van der Waals surface area contributed by atoms with E-state index in [1.54, 1.807) is 0 Å². The summed E-state index contributed by atoms with van der Waals surface area (Å²) in [6.07, 6.45) is -9.78. The minimum atomic E-state index is -4.49. The van der Waals surface area contributed by atoms with Crippen LogP contribution in [0.5, 0.6) is 17.2 Å². The van der Waals surface area contributed by atoms with Crippen molar-refractivity contribution in [1.82, 2.24) is 5.32 Å². The van der Waals surface area contributed by atoms with E-state index < -0.39 is 36.5 Å². The van der Waals surface area contributed by atoms with Crippen molar-refractivity contribution < 1.29 is 50.5 Å². The smallest absolute Gasteiger partial charge is 0.422 e. The standard InChI is InChI=1S/C22H23F6NO5/c1-32-19-10-14(2-8-18(19)34-13-21(23,24)25)3-9-20(31)29-11-16(30)12-33-17-6-4-15(5-7-17)22(26,27)28/h2,4-8,10,16,30H,3,9,11-13H2,1H3,(H,29,31). The summed E-state index contributed by atoms with van der Waals surface area (Å²) in [5, 5.41) is 12.4. The molecule has 34 heavy (non-hydrogen) atoms. The highest BCUT2D eigenvalue weighted by Crippen LogP contribution is 2.31. The average Bonchev–Trinajstić information content (AvgIpc) is 2.78. The van der Waals surface area contributed by atoms with Crippen molar-refractivity contribution in [2.45, 2.75) is 31.3 Å². The summed E-state index contributed by atoms with van der Waals surface area (Å²) >= 11 is 0. The summed E-state index contributed by atoms with van der Waals surface area (Å²) in [4.78, 5) is 12.0. The number of benzene rings is 2. The van der Waals surface area contributed by atoms with Crippen molar-refractivity contribution in [2.75, 3.05) is 26.9 Å². The van der Waals surface area contributed by atoms with Gasteiger partial charge in [-0.05, 0) is 48.4 Å². The molecule has 0 aromatic heterocycles. The predicted molar refractivity (Wildman–Crippen MR) is 109 cm³/mol. The second kappa shape index (κ2) is 11.8. The fraction of sp³-hybridized carbons (Fsp3) is 0.409. The lowest BCUT2D eigenvalue weighted by molar-refractivity contribution is -0.153. The third kappa shape index (κ3) is 9.38. The Balaban J connectivity index is 1.74. The predicted octanol–water partition coefficient (Wildman–Crippen LogP) is 4.14. The molecule has 0 bridgehead atoms. The van der Waals surface area contributed by atoms with Gasteiger partial charge in [0, 0.05) is 13.0 Å². The molecule has 0 aliphatic rings. The Morgan fingerprint density at radius 2 is 1.68 bits per heavy atom. The molecule has 0 fully saturated rings. The molecule has 12 heteroatoms. The van der Waals surface area contributed by atoms with E-state index in [2.05, 4.69) is 5.32 Å². The van der Waals surface area contributed by atoms with Crippen molar-refractivity contribution in [1.29, 1.82) is 0 Å². The first-order valence-electron chi connectivity index (χ1n) is 9.98. The maximum absolute atomic E-state index is 12.5. The molecule has 2 aromatic carbocycles. The van der Waals surface area contributed by atoms with E-state index in [4.69, 9.17) is 14.2 Å². The van der Waals surface area contributed by atoms with Crippen LogP contribution in [-0.4, -0.2) is 50.2 Å². The molecule has 2 aromatic rings. The number of halogens is 6.